The van der Waals surface area contributed by atoms with E-state index in [0.29, 0.717) is 24.4 Å². The maximum absolute atomic E-state index is 12.7. The summed E-state index contributed by atoms with van der Waals surface area (Å²) in [5.41, 5.74) is 0.623. The highest BCUT2D eigenvalue weighted by atomic mass is 79.9. The minimum atomic E-state index is 0.00886. The Bertz CT molecular complexity index is 688. The lowest BCUT2D eigenvalue weighted by atomic mass is 10.1. The fourth-order valence-electron chi connectivity index (χ4n) is 2.57. The van der Waals surface area contributed by atoms with E-state index >= 15 is 0 Å². The third-order valence-electron chi connectivity index (χ3n) is 3.85. The van der Waals surface area contributed by atoms with Gasteiger partial charge in [-0.1, -0.05) is 0 Å². The molecule has 0 aliphatic carbocycles. The van der Waals surface area contributed by atoms with Crippen molar-refractivity contribution in [1.82, 2.24) is 15.1 Å². The number of rotatable bonds is 3. The third kappa shape index (κ3) is 3.44. The van der Waals surface area contributed by atoms with Crippen LogP contribution in [0.4, 0.5) is 5.82 Å². The molecule has 1 saturated heterocycles. The van der Waals surface area contributed by atoms with Gasteiger partial charge in [0, 0.05) is 36.8 Å². The quantitative estimate of drug-likeness (QED) is 0.821. The van der Waals surface area contributed by atoms with Crippen molar-refractivity contribution >= 4 is 27.7 Å². The number of hydrogen-bond acceptors (Lipinski definition) is 5. The van der Waals surface area contributed by atoms with Gasteiger partial charge in [-0.05, 0) is 46.3 Å². The predicted octanol–water partition coefficient (Wildman–Crippen LogP) is 2.21. The second-order valence-electron chi connectivity index (χ2n) is 5.21. The molecule has 0 saturated carbocycles. The van der Waals surface area contributed by atoms with Gasteiger partial charge in [0.15, 0.2) is 5.82 Å². The van der Waals surface area contributed by atoms with Crippen LogP contribution in [0, 0.1) is 0 Å². The van der Waals surface area contributed by atoms with E-state index < -0.39 is 0 Å². The monoisotopic (exact) mass is 376 g/mol. The molecule has 0 unspecified atom stereocenters. The summed E-state index contributed by atoms with van der Waals surface area (Å²) in [7, 11) is 1.59. The summed E-state index contributed by atoms with van der Waals surface area (Å²) in [5, 5.41) is 8.02. The SMILES string of the molecule is COc1ccc(Br)c(C(=O)N2CCN(c3cccnn3)CC2)c1. The first kappa shape index (κ1) is 15.7. The average Bonchev–Trinajstić information content (AvgIpc) is 2.62. The van der Waals surface area contributed by atoms with Crippen LogP contribution in [-0.4, -0.2) is 54.3 Å². The van der Waals surface area contributed by atoms with Crippen LogP contribution in [0.15, 0.2) is 41.0 Å². The van der Waals surface area contributed by atoms with Crippen molar-refractivity contribution in [3.05, 3.63) is 46.6 Å². The molecular weight excluding hydrogens is 360 g/mol. The van der Waals surface area contributed by atoms with Crippen molar-refractivity contribution in [1.29, 1.82) is 0 Å². The van der Waals surface area contributed by atoms with Crippen LogP contribution in [0.25, 0.3) is 0 Å². The van der Waals surface area contributed by atoms with Crippen molar-refractivity contribution in [2.45, 2.75) is 0 Å². The van der Waals surface area contributed by atoms with E-state index in [0.717, 1.165) is 23.4 Å². The number of halogens is 1. The zero-order valence-corrected chi connectivity index (χ0v) is 14.4. The van der Waals surface area contributed by atoms with Gasteiger partial charge in [-0.25, -0.2) is 0 Å². The Kier molecular flexibility index (Phi) is 4.76. The predicted molar refractivity (Wildman–Crippen MR) is 90.8 cm³/mol. The lowest BCUT2D eigenvalue weighted by Crippen LogP contribution is -2.49. The first-order chi connectivity index (χ1) is 11.2. The number of ether oxygens (including phenoxy) is 1. The molecule has 2 aromatic rings. The number of hydrogen-bond donors (Lipinski definition) is 0. The fraction of sp³-hybridized carbons (Fsp3) is 0.312. The minimum absolute atomic E-state index is 0.00886. The number of piperazine rings is 1. The first-order valence-corrected chi connectivity index (χ1v) is 8.14. The van der Waals surface area contributed by atoms with E-state index in [9.17, 15) is 4.79 Å². The number of methoxy groups -OCH3 is 1. The second-order valence-corrected chi connectivity index (χ2v) is 6.06. The van der Waals surface area contributed by atoms with Crippen molar-refractivity contribution in [3.63, 3.8) is 0 Å². The number of carbonyl (C=O) groups is 1. The van der Waals surface area contributed by atoms with E-state index in [-0.39, 0.29) is 5.91 Å². The molecule has 0 atom stereocenters. The smallest absolute Gasteiger partial charge is 0.255 e. The first-order valence-electron chi connectivity index (χ1n) is 7.34. The number of amides is 1. The van der Waals surface area contributed by atoms with Crippen molar-refractivity contribution < 1.29 is 9.53 Å². The number of anilines is 1. The number of nitrogens with zero attached hydrogens (tertiary/aromatic N) is 4. The van der Waals surface area contributed by atoms with Crippen LogP contribution in [0.5, 0.6) is 5.75 Å². The largest absolute Gasteiger partial charge is 0.497 e. The standard InChI is InChI=1S/C16H17BrN4O2/c1-23-12-4-5-14(17)13(11-12)16(22)21-9-7-20(8-10-21)15-3-2-6-18-19-15/h2-6,11H,7-10H2,1H3. The molecule has 1 amide bonds. The molecule has 1 aromatic carbocycles. The molecule has 3 rings (SSSR count). The lowest BCUT2D eigenvalue weighted by Gasteiger charge is -2.35. The molecule has 2 heterocycles. The van der Waals surface area contributed by atoms with Crippen LogP contribution >= 0.6 is 15.9 Å². The molecule has 1 fully saturated rings. The fourth-order valence-corrected chi connectivity index (χ4v) is 2.98. The molecule has 7 heteroatoms. The molecule has 0 radical (unpaired) electrons. The van der Waals surface area contributed by atoms with Gasteiger partial charge in [-0.3, -0.25) is 4.79 Å². The molecule has 1 aliphatic heterocycles. The van der Waals surface area contributed by atoms with Crippen molar-refractivity contribution in [3.8, 4) is 5.75 Å². The van der Waals surface area contributed by atoms with Gasteiger partial charge in [0.1, 0.15) is 5.75 Å². The van der Waals surface area contributed by atoms with Crippen LogP contribution < -0.4 is 9.64 Å². The zero-order chi connectivity index (χ0) is 16.2. The molecule has 23 heavy (non-hydrogen) atoms. The molecular formula is C16H17BrN4O2. The van der Waals surface area contributed by atoms with E-state index in [1.54, 1.807) is 19.4 Å². The summed E-state index contributed by atoms with van der Waals surface area (Å²) >= 11 is 3.44. The van der Waals surface area contributed by atoms with Crippen LogP contribution in [0.3, 0.4) is 0 Å². The molecule has 1 aliphatic rings. The highest BCUT2D eigenvalue weighted by molar-refractivity contribution is 9.10. The second kappa shape index (κ2) is 6.95. The van der Waals surface area contributed by atoms with Gasteiger partial charge in [-0.2, -0.15) is 5.10 Å². The Hall–Kier alpha value is -2.15. The molecule has 6 nitrogen and oxygen atoms in total. The minimum Gasteiger partial charge on any atom is -0.497 e. The number of aromatic nitrogens is 2. The molecule has 120 valence electrons. The Morgan fingerprint density at radius 1 is 1.22 bits per heavy atom. The summed E-state index contributed by atoms with van der Waals surface area (Å²) in [5.74, 6) is 1.53. The third-order valence-corrected chi connectivity index (χ3v) is 4.54. The Morgan fingerprint density at radius 2 is 2.00 bits per heavy atom. The van der Waals surface area contributed by atoms with Gasteiger partial charge in [-0.15, -0.1) is 5.10 Å². The maximum Gasteiger partial charge on any atom is 0.255 e. The van der Waals surface area contributed by atoms with Crippen LogP contribution in [0.1, 0.15) is 10.4 Å². The lowest BCUT2D eigenvalue weighted by molar-refractivity contribution is 0.0745. The summed E-state index contributed by atoms with van der Waals surface area (Å²) < 4.78 is 5.98. The van der Waals surface area contributed by atoms with Gasteiger partial charge in [0.25, 0.3) is 5.91 Å². The van der Waals surface area contributed by atoms with E-state index in [2.05, 4.69) is 31.0 Å². The van der Waals surface area contributed by atoms with Gasteiger partial charge >= 0.3 is 0 Å². The van der Waals surface area contributed by atoms with Gasteiger partial charge in [0.05, 0.1) is 12.7 Å². The van der Waals surface area contributed by atoms with E-state index in [1.807, 2.05) is 29.2 Å². The summed E-state index contributed by atoms with van der Waals surface area (Å²) in [4.78, 5) is 16.7. The highest BCUT2D eigenvalue weighted by Crippen LogP contribution is 2.24. The molecule has 0 spiro atoms. The highest BCUT2D eigenvalue weighted by Gasteiger charge is 2.24. The van der Waals surface area contributed by atoms with Crippen LogP contribution in [0.2, 0.25) is 0 Å². The molecule has 1 aromatic heterocycles. The summed E-state index contributed by atoms with van der Waals surface area (Å²) in [6.45, 7) is 2.79. The topological polar surface area (TPSA) is 58.6 Å². The summed E-state index contributed by atoms with van der Waals surface area (Å²) in [6, 6.07) is 9.23. The maximum atomic E-state index is 12.7. The molecule has 0 bridgehead atoms. The number of carbonyl (C=O) groups excluding carboxylic acids is 1. The average molecular weight is 377 g/mol. The van der Waals surface area contributed by atoms with Crippen molar-refractivity contribution in [2.75, 3.05) is 38.2 Å². The summed E-state index contributed by atoms with van der Waals surface area (Å²) in [6.07, 6.45) is 1.66. The Balaban J connectivity index is 1.69. The normalized spacial score (nSPS) is 14.7. The van der Waals surface area contributed by atoms with Gasteiger partial charge in [0.2, 0.25) is 0 Å². The van der Waals surface area contributed by atoms with Crippen molar-refractivity contribution in [2.24, 2.45) is 0 Å². The van der Waals surface area contributed by atoms with Gasteiger partial charge < -0.3 is 14.5 Å². The van der Waals surface area contributed by atoms with E-state index in [4.69, 9.17) is 4.74 Å². The van der Waals surface area contributed by atoms with E-state index in [1.165, 1.54) is 0 Å². The Morgan fingerprint density at radius 3 is 2.65 bits per heavy atom. The molecule has 0 N–H and O–H groups in total. The number of benzene rings is 1. The Labute approximate surface area is 143 Å². The van der Waals surface area contributed by atoms with Crippen LogP contribution in [-0.2, 0) is 0 Å². The zero-order valence-electron chi connectivity index (χ0n) is 12.8.